The van der Waals surface area contributed by atoms with Gasteiger partial charge >= 0.3 is 0 Å². The fourth-order valence-corrected chi connectivity index (χ4v) is 3.41. The van der Waals surface area contributed by atoms with Crippen LogP contribution < -0.4 is 5.32 Å². The van der Waals surface area contributed by atoms with E-state index < -0.39 is 0 Å². The first-order valence-electron chi connectivity index (χ1n) is 6.69. The number of likely N-dealkylation sites (tertiary alicyclic amines) is 1. The molecule has 2 aliphatic rings. The van der Waals surface area contributed by atoms with Crippen molar-refractivity contribution in [2.24, 2.45) is 0 Å². The maximum Gasteiger partial charge on any atom is 0.107 e. The number of nitrogens with one attached hydrogen (secondary N) is 1. The summed E-state index contributed by atoms with van der Waals surface area (Å²) in [7, 11) is 0. The molecule has 0 aromatic carbocycles. The average molecular weight is 251 g/mol. The minimum Gasteiger partial charge on any atom is -0.310 e. The van der Waals surface area contributed by atoms with Crippen molar-refractivity contribution in [3.63, 3.8) is 0 Å². The highest BCUT2D eigenvalue weighted by molar-refractivity contribution is 7.11. The lowest BCUT2D eigenvalue weighted by atomic mass is 10.1. The second-order valence-electron chi connectivity index (χ2n) is 5.38. The Balaban J connectivity index is 1.52. The van der Waals surface area contributed by atoms with Gasteiger partial charge in [0.2, 0.25) is 0 Å². The van der Waals surface area contributed by atoms with Crippen molar-refractivity contribution in [2.75, 3.05) is 13.1 Å². The summed E-state index contributed by atoms with van der Waals surface area (Å²) in [5.74, 6) is 0. The summed E-state index contributed by atoms with van der Waals surface area (Å²) < 4.78 is 0. The molecule has 1 aliphatic heterocycles. The number of hydrogen-bond acceptors (Lipinski definition) is 4. The molecule has 2 fully saturated rings. The van der Waals surface area contributed by atoms with Gasteiger partial charge in [-0.15, -0.1) is 11.3 Å². The molecule has 1 saturated heterocycles. The number of piperidine rings is 1. The maximum atomic E-state index is 4.46. The molecule has 1 N–H and O–H groups in total. The van der Waals surface area contributed by atoms with Gasteiger partial charge in [0, 0.05) is 29.7 Å². The largest absolute Gasteiger partial charge is 0.310 e. The standard InChI is InChI=1S/C13H21N3S/c1-10-7-14-13(17-10)9-16-6-2-3-12(8-16)15-11-4-5-11/h7,11-12,15H,2-6,8-9H2,1H3. The van der Waals surface area contributed by atoms with Crippen molar-refractivity contribution in [3.8, 4) is 0 Å². The Morgan fingerprint density at radius 2 is 2.29 bits per heavy atom. The molecule has 0 radical (unpaired) electrons. The zero-order chi connectivity index (χ0) is 11.7. The van der Waals surface area contributed by atoms with Crippen molar-refractivity contribution < 1.29 is 0 Å². The SMILES string of the molecule is Cc1cnc(CN2CCCC(NC3CC3)C2)s1. The molecular weight excluding hydrogens is 230 g/mol. The van der Waals surface area contributed by atoms with Crippen LogP contribution in [0.1, 0.15) is 35.6 Å². The fourth-order valence-electron chi connectivity index (χ4n) is 2.58. The summed E-state index contributed by atoms with van der Waals surface area (Å²) in [6.07, 6.45) is 7.45. The van der Waals surface area contributed by atoms with E-state index in [9.17, 15) is 0 Å². The third-order valence-corrected chi connectivity index (χ3v) is 4.48. The van der Waals surface area contributed by atoms with E-state index in [1.54, 1.807) is 0 Å². The molecule has 3 nitrogen and oxygen atoms in total. The molecule has 0 amide bonds. The second-order valence-corrected chi connectivity index (χ2v) is 6.70. The van der Waals surface area contributed by atoms with Crippen LogP contribution in [0.15, 0.2) is 6.20 Å². The Morgan fingerprint density at radius 1 is 1.41 bits per heavy atom. The smallest absolute Gasteiger partial charge is 0.107 e. The van der Waals surface area contributed by atoms with E-state index >= 15 is 0 Å². The minimum atomic E-state index is 0.720. The van der Waals surface area contributed by atoms with E-state index in [1.165, 1.54) is 48.7 Å². The maximum absolute atomic E-state index is 4.46. The van der Waals surface area contributed by atoms with Gasteiger partial charge in [0.1, 0.15) is 5.01 Å². The number of thiazole rings is 1. The van der Waals surface area contributed by atoms with Crippen LogP contribution in [0.25, 0.3) is 0 Å². The lowest BCUT2D eigenvalue weighted by Crippen LogP contribution is -2.45. The molecule has 0 bridgehead atoms. The van der Waals surface area contributed by atoms with Crippen molar-refractivity contribution in [1.82, 2.24) is 15.2 Å². The highest BCUT2D eigenvalue weighted by atomic mass is 32.1. The molecular formula is C13H21N3S. The molecule has 1 atom stereocenters. The van der Waals surface area contributed by atoms with Crippen LogP contribution in [0.5, 0.6) is 0 Å². The molecule has 4 heteroatoms. The quantitative estimate of drug-likeness (QED) is 0.889. The van der Waals surface area contributed by atoms with E-state index in [2.05, 4.69) is 22.1 Å². The van der Waals surface area contributed by atoms with E-state index in [-0.39, 0.29) is 0 Å². The van der Waals surface area contributed by atoms with Crippen molar-refractivity contribution >= 4 is 11.3 Å². The fraction of sp³-hybridized carbons (Fsp3) is 0.769. The lowest BCUT2D eigenvalue weighted by Gasteiger charge is -2.32. The molecule has 94 valence electrons. The second kappa shape index (κ2) is 5.04. The Kier molecular flexibility index (Phi) is 3.45. The highest BCUT2D eigenvalue weighted by Crippen LogP contribution is 2.23. The van der Waals surface area contributed by atoms with E-state index in [0.717, 1.165) is 18.6 Å². The van der Waals surface area contributed by atoms with Crippen LogP contribution >= 0.6 is 11.3 Å². The molecule has 1 unspecified atom stereocenters. The zero-order valence-electron chi connectivity index (χ0n) is 10.5. The Labute approximate surface area is 107 Å². The Bertz CT molecular complexity index is 372. The molecule has 2 heterocycles. The van der Waals surface area contributed by atoms with Gasteiger partial charge < -0.3 is 5.32 Å². The molecule has 0 spiro atoms. The monoisotopic (exact) mass is 251 g/mol. The van der Waals surface area contributed by atoms with Gasteiger partial charge in [0.05, 0.1) is 6.54 Å². The Hall–Kier alpha value is -0.450. The van der Waals surface area contributed by atoms with Crippen LogP contribution in [-0.2, 0) is 6.54 Å². The number of aryl methyl sites for hydroxylation is 1. The van der Waals surface area contributed by atoms with Gasteiger partial charge in [-0.3, -0.25) is 4.90 Å². The van der Waals surface area contributed by atoms with Crippen molar-refractivity contribution in [2.45, 2.75) is 51.2 Å². The highest BCUT2D eigenvalue weighted by Gasteiger charge is 2.27. The predicted octanol–water partition coefficient (Wildman–Crippen LogP) is 2.17. The third kappa shape index (κ3) is 3.27. The van der Waals surface area contributed by atoms with Crippen LogP contribution in [0, 0.1) is 6.92 Å². The zero-order valence-corrected chi connectivity index (χ0v) is 11.3. The van der Waals surface area contributed by atoms with Crippen LogP contribution in [0.3, 0.4) is 0 Å². The number of hydrogen-bond donors (Lipinski definition) is 1. The van der Waals surface area contributed by atoms with Gasteiger partial charge in [-0.25, -0.2) is 4.98 Å². The third-order valence-electron chi connectivity index (χ3n) is 3.58. The van der Waals surface area contributed by atoms with E-state index in [0.29, 0.717) is 0 Å². The molecule has 1 aromatic heterocycles. The van der Waals surface area contributed by atoms with E-state index in [1.807, 2.05) is 17.5 Å². The van der Waals surface area contributed by atoms with Gasteiger partial charge in [-0.1, -0.05) is 0 Å². The van der Waals surface area contributed by atoms with Gasteiger partial charge in [-0.05, 0) is 39.2 Å². The lowest BCUT2D eigenvalue weighted by molar-refractivity contribution is 0.182. The Morgan fingerprint density at radius 3 is 3.00 bits per heavy atom. The van der Waals surface area contributed by atoms with Crippen LogP contribution in [-0.4, -0.2) is 35.1 Å². The number of rotatable bonds is 4. The first-order valence-corrected chi connectivity index (χ1v) is 7.51. The summed E-state index contributed by atoms with van der Waals surface area (Å²) in [5, 5.41) is 5.03. The number of nitrogens with zero attached hydrogens (tertiary/aromatic N) is 2. The molecule has 1 saturated carbocycles. The average Bonchev–Trinajstić information content (AvgIpc) is 3.02. The molecule has 1 aliphatic carbocycles. The first-order chi connectivity index (χ1) is 8.29. The van der Waals surface area contributed by atoms with Gasteiger partial charge in [0.25, 0.3) is 0 Å². The predicted molar refractivity (Wildman–Crippen MR) is 71.3 cm³/mol. The summed E-state index contributed by atoms with van der Waals surface area (Å²) >= 11 is 1.84. The summed E-state index contributed by atoms with van der Waals surface area (Å²) in [6.45, 7) is 5.62. The normalized spacial score (nSPS) is 26.3. The summed E-state index contributed by atoms with van der Waals surface area (Å²) in [6, 6.07) is 1.55. The van der Waals surface area contributed by atoms with E-state index in [4.69, 9.17) is 0 Å². The molecule has 17 heavy (non-hydrogen) atoms. The van der Waals surface area contributed by atoms with Gasteiger partial charge in [0.15, 0.2) is 0 Å². The number of aromatic nitrogens is 1. The summed E-state index contributed by atoms with van der Waals surface area (Å²) in [5.41, 5.74) is 0. The topological polar surface area (TPSA) is 28.2 Å². The van der Waals surface area contributed by atoms with Crippen molar-refractivity contribution in [1.29, 1.82) is 0 Å². The molecule has 3 rings (SSSR count). The van der Waals surface area contributed by atoms with Gasteiger partial charge in [-0.2, -0.15) is 0 Å². The van der Waals surface area contributed by atoms with Crippen LogP contribution in [0.2, 0.25) is 0 Å². The van der Waals surface area contributed by atoms with Crippen molar-refractivity contribution in [3.05, 3.63) is 16.1 Å². The minimum absolute atomic E-state index is 0.720. The first kappa shape index (κ1) is 11.6. The van der Waals surface area contributed by atoms with Crippen LogP contribution in [0.4, 0.5) is 0 Å². The molecule has 1 aromatic rings. The summed E-state index contributed by atoms with van der Waals surface area (Å²) in [4.78, 5) is 8.35.